The molecule has 0 aromatic heterocycles. The number of hydrogen-bond acceptors (Lipinski definition) is 2. The highest BCUT2D eigenvalue weighted by atomic mass is 16.2. The molecule has 1 rings (SSSR count). The molecule has 0 radical (unpaired) electrons. The Morgan fingerprint density at radius 1 is 1.42 bits per heavy atom. The molecular formula is C10H21NO. The molecule has 1 heterocycles. The summed E-state index contributed by atoms with van der Waals surface area (Å²) < 4.78 is 0. The Kier molecular flexibility index (Phi) is 4.62. The fourth-order valence-corrected chi connectivity index (χ4v) is 1.94. The standard InChI is InChI=1S/C10H21NO/c1-10-5-4-7-11(9-10)6-2-3-8-12/h10,12H,2-9H2,1H3. The summed E-state index contributed by atoms with van der Waals surface area (Å²) in [6, 6.07) is 0. The zero-order valence-electron chi connectivity index (χ0n) is 8.13. The van der Waals surface area contributed by atoms with Crippen molar-refractivity contribution in [2.75, 3.05) is 26.2 Å². The summed E-state index contributed by atoms with van der Waals surface area (Å²) in [4.78, 5) is 2.53. The van der Waals surface area contributed by atoms with E-state index in [0.717, 1.165) is 18.8 Å². The highest BCUT2D eigenvalue weighted by molar-refractivity contribution is 4.69. The first-order valence-electron chi connectivity index (χ1n) is 5.16. The Bertz CT molecular complexity index is 116. The number of nitrogens with zero attached hydrogens (tertiary/aromatic N) is 1. The van der Waals surface area contributed by atoms with Crippen molar-refractivity contribution in [2.24, 2.45) is 5.92 Å². The van der Waals surface area contributed by atoms with E-state index in [1.54, 1.807) is 0 Å². The van der Waals surface area contributed by atoms with Gasteiger partial charge in [0, 0.05) is 13.2 Å². The van der Waals surface area contributed by atoms with Crippen molar-refractivity contribution < 1.29 is 5.11 Å². The molecule has 2 nitrogen and oxygen atoms in total. The largest absolute Gasteiger partial charge is 0.396 e. The lowest BCUT2D eigenvalue weighted by Crippen LogP contribution is -2.34. The maximum atomic E-state index is 8.63. The highest BCUT2D eigenvalue weighted by Gasteiger charge is 2.14. The summed E-state index contributed by atoms with van der Waals surface area (Å²) in [7, 11) is 0. The van der Waals surface area contributed by atoms with Crippen LogP contribution in [0.15, 0.2) is 0 Å². The molecule has 0 aromatic carbocycles. The molecule has 0 saturated carbocycles. The second-order valence-corrected chi connectivity index (χ2v) is 3.98. The van der Waals surface area contributed by atoms with Crippen LogP contribution in [0.25, 0.3) is 0 Å². The Balaban J connectivity index is 2.06. The van der Waals surface area contributed by atoms with Crippen LogP contribution in [0, 0.1) is 5.92 Å². The molecule has 72 valence electrons. The summed E-state index contributed by atoms with van der Waals surface area (Å²) in [5.41, 5.74) is 0. The van der Waals surface area contributed by atoms with Crippen molar-refractivity contribution in [2.45, 2.75) is 32.6 Å². The molecule has 0 aromatic rings. The van der Waals surface area contributed by atoms with Gasteiger partial charge in [0.2, 0.25) is 0 Å². The molecule has 1 atom stereocenters. The fourth-order valence-electron chi connectivity index (χ4n) is 1.94. The SMILES string of the molecule is CC1CCCN(CCCCO)C1. The number of hydrogen-bond donors (Lipinski definition) is 1. The molecule has 1 unspecified atom stereocenters. The molecule has 0 aliphatic carbocycles. The average molecular weight is 171 g/mol. The molecule has 0 bridgehead atoms. The second-order valence-electron chi connectivity index (χ2n) is 3.98. The third-order valence-electron chi connectivity index (χ3n) is 2.62. The molecule has 0 spiro atoms. The van der Waals surface area contributed by atoms with Crippen LogP contribution in [0.2, 0.25) is 0 Å². The van der Waals surface area contributed by atoms with Crippen LogP contribution in [0.5, 0.6) is 0 Å². The van der Waals surface area contributed by atoms with Crippen LogP contribution < -0.4 is 0 Å². The van der Waals surface area contributed by atoms with Gasteiger partial charge in [-0.25, -0.2) is 0 Å². The van der Waals surface area contributed by atoms with Gasteiger partial charge in [-0.1, -0.05) is 6.92 Å². The number of aliphatic hydroxyl groups is 1. The van der Waals surface area contributed by atoms with Gasteiger partial charge in [-0.05, 0) is 44.7 Å². The predicted octanol–water partition coefficient (Wildman–Crippen LogP) is 1.49. The number of piperidine rings is 1. The highest BCUT2D eigenvalue weighted by Crippen LogP contribution is 2.15. The van der Waals surface area contributed by atoms with E-state index in [1.807, 2.05) is 0 Å². The van der Waals surface area contributed by atoms with Gasteiger partial charge in [0.25, 0.3) is 0 Å². The van der Waals surface area contributed by atoms with Crippen LogP contribution in [-0.4, -0.2) is 36.2 Å². The van der Waals surface area contributed by atoms with Crippen molar-refractivity contribution in [3.63, 3.8) is 0 Å². The Labute approximate surface area is 75.6 Å². The van der Waals surface area contributed by atoms with Gasteiger partial charge in [-0.15, -0.1) is 0 Å². The monoisotopic (exact) mass is 171 g/mol. The maximum Gasteiger partial charge on any atom is 0.0431 e. The summed E-state index contributed by atoms with van der Waals surface area (Å²) in [5, 5.41) is 8.63. The predicted molar refractivity (Wildman–Crippen MR) is 51.2 cm³/mol. The van der Waals surface area contributed by atoms with Crippen LogP contribution in [0.3, 0.4) is 0 Å². The van der Waals surface area contributed by atoms with E-state index in [1.165, 1.54) is 32.5 Å². The molecule has 1 saturated heterocycles. The minimum absolute atomic E-state index is 0.351. The van der Waals surface area contributed by atoms with Gasteiger partial charge in [0.1, 0.15) is 0 Å². The minimum atomic E-state index is 0.351. The lowest BCUT2D eigenvalue weighted by molar-refractivity contribution is 0.175. The van der Waals surface area contributed by atoms with Crippen molar-refractivity contribution in [3.8, 4) is 0 Å². The number of aliphatic hydroxyl groups excluding tert-OH is 1. The normalized spacial score (nSPS) is 26.0. The van der Waals surface area contributed by atoms with E-state index in [2.05, 4.69) is 11.8 Å². The van der Waals surface area contributed by atoms with E-state index < -0.39 is 0 Å². The van der Waals surface area contributed by atoms with E-state index >= 15 is 0 Å². The molecule has 1 fully saturated rings. The van der Waals surface area contributed by atoms with Gasteiger partial charge in [-0.3, -0.25) is 0 Å². The van der Waals surface area contributed by atoms with Crippen LogP contribution in [0.4, 0.5) is 0 Å². The van der Waals surface area contributed by atoms with E-state index in [0.29, 0.717) is 6.61 Å². The molecule has 2 heteroatoms. The smallest absolute Gasteiger partial charge is 0.0431 e. The minimum Gasteiger partial charge on any atom is -0.396 e. The quantitative estimate of drug-likeness (QED) is 0.648. The topological polar surface area (TPSA) is 23.5 Å². The van der Waals surface area contributed by atoms with Crippen molar-refractivity contribution in [1.29, 1.82) is 0 Å². The van der Waals surface area contributed by atoms with Gasteiger partial charge in [-0.2, -0.15) is 0 Å². The summed E-state index contributed by atoms with van der Waals surface area (Å²) in [5.74, 6) is 0.882. The number of rotatable bonds is 4. The van der Waals surface area contributed by atoms with Gasteiger partial charge < -0.3 is 10.0 Å². The lowest BCUT2D eigenvalue weighted by atomic mass is 10.0. The second kappa shape index (κ2) is 5.55. The van der Waals surface area contributed by atoms with E-state index in [9.17, 15) is 0 Å². The summed E-state index contributed by atoms with van der Waals surface area (Å²) in [6.45, 7) is 6.41. The first kappa shape index (κ1) is 10.0. The lowest BCUT2D eigenvalue weighted by Gasteiger charge is -2.30. The van der Waals surface area contributed by atoms with Gasteiger partial charge >= 0.3 is 0 Å². The number of likely N-dealkylation sites (tertiary alicyclic amines) is 1. The molecule has 1 aliphatic rings. The van der Waals surface area contributed by atoms with E-state index in [-0.39, 0.29) is 0 Å². The van der Waals surface area contributed by atoms with Crippen molar-refractivity contribution in [1.82, 2.24) is 4.90 Å². The van der Waals surface area contributed by atoms with E-state index in [4.69, 9.17) is 5.11 Å². The number of unbranched alkanes of at least 4 members (excludes halogenated alkanes) is 1. The first-order chi connectivity index (χ1) is 5.83. The Morgan fingerprint density at radius 2 is 2.25 bits per heavy atom. The third kappa shape index (κ3) is 3.55. The molecule has 1 aliphatic heterocycles. The fraction of sp³-hybridized carbons (Fsp3) is 1.00. The zero-order chi connectivity index (χ0) is 8.81. The van der Waals surface area contributed by atoms with Gasteiger partial charge in [0.15, 0.2) is 0 Å². The van der Waals surface area contributed by atoms with Crippen molar-refractivity contribution >= 4 is 0 Å². The first-order valence-corrected chi connectivity index (χ1v) is 5.16. The summed E-state index contributed by atoms with van der Waals surface area (Å²) in [6.07, 6.45) is 4.88. The molecule has 12 heavy (non-hydrogen) atoms. The Hall–Kier alpha value is -0.0800. The van der Waals surface area contributed by atoms with Crippen molar-refractivity contribution in [3.05, 3.63) is 0 Å². The van der Waals surface area contributed by atoms with Crippen LogP contribution >= 0.6 is 0 Å². The molecule has 1 N–H and O–H groups in total. The maximum absolute atomic E-state index is 8.63. The molecular weight excluding hydrogens is 150 g/mol. The Morgan fingerprint density at radius 3 is 2.92 bits per heavy atom. The third-order valence-corrected chi connectivity index (χ3v) is 2.62. The van der Waals surface area contributed by atoms with Crippen LogP contribution in [0.1, 0.15) is 32.6 Å². The van der Waals surface area contributed by atoms with Crippen LogP contribution in [-0.2, 0) is 0 Å². The van der Waals surface area contributed by atoms with Gasteiger partial charge in [0.05, 0.1) is 0 Å². The summed E-state index contributed by atoms with van der Waals surface area (Å²) >= 11 is 0. The average Bonchev–Trinajstić information content (AvgIpc) is 2.05. The molecule has 0 amide bonds. The zero-order valence-corrected chi connectivity index (χ0v) is 8.13.